The fraction of sp³-hybridized carbons (Fsp3) is 0.364. The Kier molecular flexibility index (Phi) is 10.1. The van der Waals surface area contributed by atoms with Crippen LogP contribution in [0.3, 0.4) is 0 Å². The fourth-order valence-corrected chi connectivity index (χ4v) is 3.62. The van der Waals surface area contributed by atoms with Crippen LogP contribution in [0, 0.1) is 0 Å². The van der Waals surface area contributed by atoms with Crippen LogP contribution in [-0.4, -0.2) is 75.0 Å². The second-order valence-electron chi connectivity index (χ2n) is 6.83. The first-order chi connectivity index (χ1) is 15.3. The zero-order valence-electron chi connectivity index (χ0n) is 17.6. The van der Waals surface area contributed by atoms with Crippen molar-refractivity contribution in [3.05, 3.63) is 55.6 Å². The number of hydrogen-bond donors (Lipinski definition) is 3. The summed E-state index contributed by atoms with van der Waals surface area (Å²) in [5.41, 5.74) is 0. The van der Waals surface area contributed by atoms with Crippen LogP contribution in [0.2, 0.25) is 0 Å². The third-order valence-electron chi connectivity index (χ3n) is 4.13. The Morgan fingerprint density at radius 3 is 2.03 bits per heavy atom. The van der Waals surface area contributed by atoms with E-state index in [1.54, 1.807) is 18.2 Å². The molecular weight excluding hydrogens is 440 g/mol. The molecule has 0 bridgehead atoms. The molecule has 0 aliphatic rings. The minimum absolute atomic E-state index is 0.0218. The highest BCUT2D eigenvalue weighted by Crippen LogP contribution is 2.34. The topological polar surface area (TPSA) is 132 Å². The quantitative estimate of drug-likeness (QED) is 0.204. The number of fused-ring (bicyclic) bond motifs is 1. The first kappa shape index (κ1) is 25.8. The number of benzene rings is 2. The second kappa shape index (κ2) is 12.5. The first-order valence-corrected chi connectivity index (χ1v) is 11.2. The monoisotopic (exact) mass is 468 g/mol. The summed E-state index contributed by atoms with van der Waals surface area (Å²) in [6.45, 7) is 7.38. The number of ether oxygens (including phenoxy) is 4. The van der Waals surface area contributed by atoms with Gasteiger partial charge in [-0.1, -0.05) is 18.2 Å². The Morgan fingerprint density at radius 2 is 1.47 bits per heavy atom. The van der Waals surface area contributed by atoms with Crippen molar-refractivity contribution >= 4 is 20.9 Å². The van der Waals surface area contributed by atoms with E-state index in [1.165, 1.54) is 24.3 Å². The van der Waals surface area contributed by atoms with Gasteiger partial charge < -0.3 is 29.2 Å². The van der Waals surface area contributed by atoms with Crippen molar-refractivity contribution in [2.24, 2.45) is 0 Å². The first-order valence-electron chi connectivity index (χ1n) is 9.79. The Morgan fingerprint density at radius 1 is 0.875 bits per heavy atom. The SMILES string of the molecule is C=CCOCC(O)COc1ccc2c(S(=O)(=O)O)c(OCC(O)COCC=C)ccc2c1. The summed E-state index contributed by atoms with van der Waals surface area (Å²) >= 11 is 0. The zero-order chi connectivity index (χ0) is 23.6. The molecule has 3 N–H and O–H groups in total. The van der Waals surface area contributed by atoms with Crippen molar-refractivity contribution in [1.82, 2.24) is 0 Å². The van der Waals surface area contributed by atoms with E-state index in [-0.39, 0.29) is 44.2 Å². The molecule has 0 heterocycles. The predicted octanol–water partition coefficient (Wildman–Crippen LogP) is 1.97. The summed E-state index contributed by atoms with van der Waals surface area (Å²) in [5, 5.41) is 20.4. The molecular formula is C22H28O9S. The van der Waals surface area contributed by atoms with Crippen LogP contribution < -0.4 is 9.47 Å². The van der Waals surface area contributed by atoms with Gasteiger partial charge in [-0.05, 0) is 29.7 Å². The molecule has 2 unspecified atom stereocenters. The highest BCUT2D eigenvalue weighted by Gasteiger charge is 2.22. The molecule has 0 spiro atoms. The minimum atomic E-state index is -4.64. The van der Waals surface area contributed by atoms with Gasteiger partial charge in [0.15, 0.2) is 0 Å². The third-order valence-corrected chi connectivity index (χ3v) is 5.07. The van der Waals surface area contributed by atoms with E-state index >= 15 is 0 Å². The molecule has 0 saturated heterocycles. The summed E-state index contributed by atoms with van der Waals surface area (Å²) in [6, 6.07) is 7.52. The average molecular weight is 469 g/mol. The normalized spacial score (nSPS) is 13.5. The molecule has 0 saturated carbocycles. The average Bonchev–Trinajstić information content (AvgIpc) is 2.75. The molecule has 176 valence electrons. The van der Waals surface area contributed by atoms with Crippen LogP contribution in [0.25, 0.3) is 10.8 Å². The van der Waals surface area contributed by atoms with E-state index in [1.807, 2.05) is 0 Å². The van der Waals surface area contributed by atoms with E-state index in [0.717, 1.165) is 0 Å². The molecule has 32 heavy (non-hydrogen) atoms. The van der Waals surface area contributed by atoms with Crippen molar-refractivity contribution in [1.29, 1.82) is 0 Å². The lowest BCUT2D eigenvalue weighted by Crippen LogP contribution is -2.24. The molecule has 2 aromatic rings. The number of rotatable bonds is 15. The van der Waals surface area contributed by atoms with E-state index in [9.17, 15) is 23.2 Å². The lowest BCUT2D eigenvalue weighted by Gasteiger charge is -2.16. The number of aliphatic hydroxyl groups is 2. The molecule has 10 heteroatoms. The molecule has 2 atom stereocenters. The molecule has 0 aromatic heterocycles. The maximum absolute atomic E-state index is 12.0. The molecule has 0 aliphatic carbocycles. The fourth-order valence-electron chi connectivity index (χ4n) is 2.78. The van der Waals surface area contributed by atoms with Crippen molar-refractivity contribution in [3.63, 3.8) is 0 Å². The maximum atomic E-state index is 12.0. The van der Waals surface area contributed by atoms with Gasteiger partial charge >= 0.3 is 0 Å². The molecule has 2 rings (SSSR count). The zero-order valence-corrected chi connectivity index (χ0v) is 18.4. The summed E-state index contributed by atoms with van der Waals surface area (Å²) < 4.78 is 55.1. The van der Waals surface area contributed by atoms with Gasteiger partial charge in [-0.2, -0.15) is 8.42 Å². The highest BCUT2D eigenvalue weighted by molar-refractivity contribution is 7.86. The van der Waals surface area contributed by atoms with E-state index in [4.69, 9.17) is 18.9 Å². The van der Waals surface area contributed by atoms with Crippen molar-refractivity contribution < 1.29 is 42.1 Å². The second-order valence-corrected chi connectivity index (χ2v) is 8.19. The van der Waals surface area contributed by atoms with E-state index < -0.39 is 27.2 Å². The van der Waals surface area contributed by atoms with Gasteiger partial charge in [0, 0.05) is 5.39 Å². The van der Waals surface area contributed by atoms with Gasteiger partial charge in [0.1, 0.15) is 41.8 Å². The van der Waals surface area contributed by atoms with Crippen LogP contribution >= 0.6 is 0 Å². The summed E-state index contributed by atoms with van der Waals surface area (Å²) in [6.07, 6.45) is 1.25. The molecule has 2 aromatic carbocycles. The molecule has 0 aliphatic heterocycles. The minimum Gasteiger partial charge on any atom is -0.491 e. The Labute approximate surface area is 187 Å². The molecule has 0 amide bonds. The predicted molar refractivity (Wildman–Crippen MR) is 119 cm³/mol. The van der Waals surface area contributed by atoms with Crippen LogP contribution in [0.1, 0.15) is 0 Å². The lowest BCUT2D eigenvalue weighted by molar-refractivity contribution is 0.0208. The Hall–Kier alpha value is -2.47. The van der Waals surface area contributed by atoms with Crippen LogP contribution in [0.4, 0.5) is 0 Å². The summed E-state index contributed by atoms with van der Waals surface area (Å²) in [5.74, 6) is 0.288. The summed E-state index contributed by atoms with van der Waals surface area (Å²) in [7, 11) is -4.64. The van der Waals surface area contributed by atoms with E-state index in [0.29, 0.717) is 17.7 Å². The number of aliphatic hydroxyl groups excluding tert-OH is 2. The van der Waals surface area contributed by atoms with Crippen LogP contribution in [0.15, 0.2) is 60.5 Å². The molecule has 0 fully saturated rings. The largest absolute Gasteiger partial charge is 0.491 e. The third kappa shape index (κ3) is 7.90. The van der Waals surface area contributed by atoms with Crippen molar-refractivity contribution in [2.45, 2.75) is 17.1 Å². The Bertz CT molecular complexity index is 1000. The smallest absolute Gasteiger partial charge is 0.298 e. The number of hydrogen-bond acceptors (Lipinski definition) is 8. The van der Waals surface area contributed by atoms with Gasteiger partial charge in [-0.15, -0.1) is 13.2 Å². The Balaban J connectivity index is 2.16. The standard InChI is InChI=1S/C22H28O9S/c1-3-9-28-12-17(23)14-30-19-6-7-20-16(11-19)5-8-21(22(20)32(25,26)27)31-15-18(24)13-29-10-4-2/h3-8,11,17-18,23-24H,1-2,9-10,12-15H2,(H,25,26,27). The van der Waals surface area contributed by atoms with Gasteiger partial charge in [0.2, 0.25) is 0 Å². The van der Waals surface area contributed by atoms with Crippen LogP contribution in [-0.2, 0) is 19.6 Å². The van der Waals surface area contributed by atoms with E-state index in [2.05, 4.69) is 13.2 Å². The van der Waals surface area contributed by atoms with Crippen molar-refractivity contribution in [3.8, 4) is 11.5 Å². The highest BCUT2D eigenvalue weighted by atomic mass is 32.2. The summed E-state index contributed by atoms with van der Waals surface area (Å²) in [4.78, 5) is -0.418. The van der Waals surface area contributed by atoms with Crippen molar-refractivity contribution in [2.75, 3.05) is 39.6 Å². The molecule has 0 radical (unpaired) electrons. The molecule has 9 nitrogen and oxygen atoms in total. The van der Waals surface area contributed by atoms with Gasteiger partial charge in [-0.25, -0.2) is 0 Å². The van der Waals surface area contributed by atoms with Gasteiger partial charge in [-0.3, -0.25) is 4.55 Å². The lowest BCUT2D eigenvalue weighted by atomic mass is 10.1. The maximum Gasteiger partial charge on any atom is 0.298 e. The van der Waals surface area contributed by atoms with Gasteiger partial charge in [0.05, 0.1) is 26.4 Å². The van der Waals surface area contributed by atoms with Crippen LogP contribution in [0.5, 0.6) is 11.5 Å². The van der Waals surface area contributed by atoms with Gasteiger partial charge in [0.25, 0.3) is 10.1 Å².